The van der Waals surface area contributed by atoms with Gasteiger partial charge in [0.05, 0.1) is 16.5 Å². The smallest absolute Gasteiger partial charge is 0.0714 e. The average Bonchev–Trinajstić information content (AvgIpc) is 4.00. The zero-order chi connectivity index (χ0) is 49.8. The highest BCUT2D eigenvalue weighted by Crippen LogP contribution is 2.60. The fourth-order valence-electron chi connectivity index (χ4n) is 12.8. The van der Waals surface area contributed by atoms with Crippen LogP contribution in [0.25, 0.3) is 55.6 Å². The summed E-state index contributed by atoms with van der Waals surface area (Å²) in [5.41, 5.74) is 24.6. The molecule has 14 rings (SSSR count). The van der Waals surface area contributed by atoms with Crippen LogP contribution >= 0.6 is 0 Å². The maximum atomic E-state index is 2.49. The van der Waals surface area contributed by atoms with Crippen LogP contribution in [0.2, 0.25) is 0 Å². The Hall–Kier alpha value is -9.56. The molecule has 0 spiro atoms. The van der Waals surface area contributed by atoms with Crippen LogP contribution < -0.4 is 4.90 Å². The molecule has 0 atom stereocenters. The summed E-state index contributed by atoms with van der Waals surface area (Å²) in [6.07, 6.45) is 0. The highest BCUT2D eigenvalue weighted by Gasteiger charge is 2.48. The third-order valence-corrected chi connectivity index (χ3v) is 16.0. The summed E-state index contributed by atoms with van der Waals surface area (Å²) in [6.45, 7) is 0. The lowest BCUT2D eigenvalue weighted by Crippen LogP contribution is -2.28. The van der Waals surface area contributed by atoms with Crippen molar-refractivity contribution in [2.24, 2.45) is 0 Å². The fourth-order valence-corrected chi connectivity index (χ4v) is 12.8. The van der Waals surface area contributed by atoms with Crippen molar-refractivity contribution in [3.05, 3.63) is 354 Å². The van der Waals surface area contributed by atoms with Crippen LogP contribution in [0, 0.1) is 0 Å². The lowest BCUT2D eigenvalue weighted by molar-refractivity contribution is 0.768. The molecule has 0 N–H and O–H groups in total. The van der Waals surface area contributed by atoms with E-state index >= 15 is 0 Å². The number of anilines is 3. The first-order valence-electron chi connectivity index (χ1n) is 26.1. The molecule has 75 heavy (non-hydrogen) atoms. The SMILES string of the molecule is c1ccc(-c2cccc(-c3cccc(N(c4ccc(-c5ccc6c(c5)C(c5ccccc5)(c5ccccc5)c5ccccc5-6)cc4)c4cccc5c4-c4ccccc4C5(c4ccccc4)c4ccccc4)c3)c2)cc1. The molecule has 2 aliphatic rings. The van der Waals surface area contributed by atoms with Crippen LogP contribution in [-0.4, -0.2) is 0 Å². The summed E-state index contributed by atoms with van der Waals surface area (Å²) in [6, 6.07) is 114. The predicted octanol–water partition coefficient (Wildman–Crippen LogP) is 18.9. The molecule has 0 fully saturated rings. The van der Waals surface area contributed by atoms with Gasteiger partial charge in [-0.05, 0) is 137 Å². The van der Waals surface area contributed by atoms with Crippen LogP contribution in [0.1, 0.15) is 44.5 Å². The molecule has 0 aliphatic heterocycles. The molecule has 0 aromatic heterocycles. The van der Waals surface area contributed by atoms with E-state index in [-0.39, 0.29) is 0 Å². The van der Waals surface area contributed by atoms with E-state index in [1.807, 2.05) is 0 Å². The molecule has 0 heterocycles. The van der Waals surface area contributed by atoms with E-state index in [0.29, 0.717) is 0 Å². The van der Waals surface area contributed by atoms with Gasteiger partial charge in [-0.1, -0.05) is 267 Å². The van der Waals surface area contributed by atoms with Gasteiger partial charge in [0.15, 0.2) is 0 Å². The van der Waals surface area contributed by atoms with Gasteiger partial charge in [0, 0.05) is 16.9 Å². The molecule has 0 bridgehead atoms. The van der Waals surface area contributed by atoms with Gasteiger partial charge in [0.1, 0.15) is 0 Å². The quantitative estimate of drug-likeness (QED) is 0.132. The van der Waals surface area contributed by atoms with E-state index in [1.54, 1.807) is 0 Å². The first-order chi connectivity index (χ1) is 37.2. The number of nitrogens with zero attached hydrogens (tertiary/aromatic N) is 1. The predicted molar refractivity (Wildman–Crippen MR) is 312 cm³/mol. The molecule has 2 aliphatic carbocycles. The minimum atomic E-state index is -0.540. The second-order valence-electron chi connectivity index (χ2n) is 19.9. The van der Waals surface area contributed by atoms with Gasteiger partial charge in [-0.3, -0.25) is 0 Å². The Bertz CT molecular complexity index is 3950. The maximum absolute atomic E-state index is 2.49. The monoisotopic (exact) mass is 953 g/mol. The highest BCUT2D eigenvalue weighted by atomic mass is 15.1. The number of hydrogen-bond donors (Lipinski definition) is 0. The summed E-state index contributed by atoms with van der Waals surface area (Å²) in [5.74, 6) is 0. The number of rotatable bonds is 10. The zero-order valence-electron chi connectivity index (χ0n) is 41.4. The van der Waals surface area contributed by atoms with Crippen molar-refractivity contribution in [3.63, 3.8) is 0 Å². The van der Waals surface area contributed by atoms with Crippen molar-refractivity contribution in [1.29, 1.82) is 0 Å². The number of benzene rings is 12. The molecule has 352 valence electrons. The van der Waals surface area contributed by atoms with E-state index < -0.39 is 10.8 Å². The fraction of sp³-hybridized carbons (Fsp3) is 0.0270. The first-order valence-corrected chi connectivity index (χ1v) is 26.1. The minimum Gasteiger partial charge on any atom is -0.310 e. The Balaban J connectivity index is 0.958. The van der Waals surface area contributed by atoms with Gasteiger partial charge in [0.25, 0.3) is 0 Å². The molecule has 0 saturated carbocycles. The maximum Gasteiger partial charge on any atom is 0.0714 e. The molecular weight excluding hydrogens is 903 g/mol. The largest absolute Gasteiger partial charge is 0.310 e. The number of fused-ring (bicyclic) bond motifs is 6. The van der Waals surface area contributed by atoms with E-state index in [2.05, 4.69) is 314 Å². The van der Waals surface area contributed by atoms with Crippen LogP contribution in [0.5, 0.6) is 0 Å². The van der Waals surface area contributed by atoms with Crippen molar-refractivity contribution in [2.45, 2.75) is 10.8 Å². The molecular formula is C74H51N. The molecule has 1 heteroatoms. The Kier molecular flexibility index (Phi) is 10.7. The Morgan fingerprint density at radius 1 is 0.213 bits per heavy atom. The second-order valence-corrected chi connectivity index (χ2v) is 19.9. The Morgan fingerprint density at radius 3 is 1.20 bits per heavy atom. The van der Waals surface area contributed by atoms with Gasteiger partial charge < -0.3 is 4.90 Å². The summed E-state index contributed by atoms with van der Waals surface area (Å²) < 4.78 is 0. The van der Waals surface area contributed by atoms with Gasteiger partial charge in [-0.2, -0.15) is 0 Å². The topological polar surface area (TPSA) is 3.24 Å². The van der Waals surface area contributed by atoms with Crippen LogP contribution in [0.15, 0.2) is 309 Å². The van der Waals surface area contributed by atoms with E-state index in [0.717, 1.165) is 28.2 Å². The van der Waals surface area contributed by atoms with Gasteiger partial charge in [0.2, 0.25) is 0 Å². The normalized spacial score (nSPS) is 13.3. The summed E-state index contributed by atoms with van der Waals surface area (Å²) >= 11 is 0. The molecule has 0 radical (unpaired) electrons. The van der Waals surface area contributed by atoms with Crippen LogP contribution in [0.4, 0.5) is 17.1 Å². The minimum absolute atomic E-state index is 0.481. The van der Waals surface area contributed by atoms with Gasteiger partial charge in [-0.25, -0.2) is 0 Å². The van der Waals surface area contributed by atoms with E-state index in [4.69, 9.17) is 0 Å². The summed E-state index contributed by atoms with van der Waals surface area (Å²) in [4.78, 5) is 2.49. The van der Waals surface area contributed by atoms with Crippen molar-refractivity contribution >= 4 is 17.1 Å². The van der Waals surface area contributed by atoms with Crippen molar-refractivity contribution in [2.75, 3.05) is 4.90 Å². The second kappa shape index (κ2) is 18.2. The zero-order valence-corrected chi connectivity index (χ0v) is 41.4. The van der Waals surface area contributed by atoms with E-state index in [1.165, 1.54) is 89.0 Å². The molecule has 1 nitrogen and oxygen atoms in total. The van der Waals surface area contributed by atoms with Crippen molar-refractivity contribution in [1.82, 2.24) is 0 Å². The van der Waals surface area contributed by atoms with E-state index in [9.17, 15) is 0 Å². The van der Waals surface area contributed by atoms with Crippen molar-refractivity contribution < 1.29 is 0 Å². The average molecular weight is 954 g/mol. The molecule has 12 aromatic carbocycles. The first kappa shape index (κ1) is 44.2. The molecule has 0 saturated heterocycles. The standard InChI is InChI=1S/C74H51N/c1-6-23-52(24-7-1)54-25-20-26-55(49-54)56-27-21-36-63(50-56)75(71-42-22-41-69-72(71)66-38-17-19-40-68(66)73(69,58-28-8-2-9-29-58)59-30-10-3-11-31-59)62-46-43-53(44-47-62)57-45-48-65-64-37-16-18-39-67(64)74(70(65)51-57,60-32-12-4-13-33-60)61-34-14-5-15-35-61/h1-51H. The van der Waals surface area contributed by atoms with Gasteiger partial charge in [-0.15, -0.1) is 0 Å². The lowest BCUT2D eigenvalue weighted by atomic mass is 9.67. The van der Waals surface area contributed by atoms with Crippen LogP contribution in [0.3, 0.4) is 0 Å². The third-order valence-electron chi connectivity index (χ3n) is 16.0. The third kappa shape index (κ3) is 7.00. The van der Waals surface area contributed by atoms with Crippen molar-refractivity contribution in [3.8, 4) is 55.6 Å². The lowest BCUT2D eigenvalue weighted by Gasteiger charge is -2.34. The van der Waals surface area contributed by atoms with Crippen LogP contribution in [-0.2, 0) is 10.8 Å². The molecule has 0 amide bonds. The number of hydrogen-bond acceptors (Lipinski definition) is 1. The molecule has 12 aromatic rings. The summed E-state index contributed by atoms with van der Waals surface area (Å²) in [7, 11) is 0. The Labute approximate surface area is 440 Å². The summed E-state index contributed by atoms with van der Waals surface area (Å²) in [5, 5.41) is 0. The Morgan fingerprint density at radius 2 is 0.600 bits per heavy atom. The molecule has 0 unspecified atom stereocenters. The highest BCUT2D eigenvalue weighted by molar-refractivity contribution is 5.98. The van der Waals surface area contributed by atoms with Gasteiger partial charge >= 0.3 is 0 Å².